The van der Waals surface area contributed by atoms with E-state index in [1.54, 1.807) is 18.4 Å². The van der Waals surface area contributed by atoms with Crippen LogP contribution in [0.2, 0.25) is 0 Å². The smallest absolute Gasteiger partial charge is 0.193 e. The summed E-state index contributed by atoms with van der Waals surface area (Å²) >= 11 is 1.70. The molecule has 2 heterocycles. The first-order valence-electron chi connectivity index (χ1n) is 9.13. The molecule has 0 amide bonds. The highest BCUT2D eigenvalue weighted by Gasteiger charge is 2.21. The van der Waals surface area contributed by atoms with Crippen molar-refractivity contribution >= 4 is 47.0 Å². The first-order chi connectivity index (χ1) is 13.1. The number of piperazine rings is 1. The average Bonchev–Trinajstić information content (AvgIpc) is 3.09. The van der Waals surface area contributed by atoms with Crippen molar-refractivity contribution in [2.45, 2.75) is 19.8 Å². The summed E-state index contributed by atoms with van der Waals surface area (Å²) in [6.45, 7) is 5.50. The highest BCUT2D eigenvalue weighted by molar-refractivity contribution is 14.0. The van der Waals surface area contributed by atoms with Crippen LogP contribution < -0.4 is 10.2 Å². The van der Waals surface area contributed by atoms with E-state index >= 15 is 0 Å². The summed E-state index contributed by atoms with van der Waals surface area (Å²) in [4.78, 5) is 12.9. The Morgan fingerprint density at radius 1 is 1.25 bits per heavy atom. The van der Waals surface area contributed by atoms with Crippen molar-refractivity contribution in [1.29, 1.82) is 0 Å². The quantitative estimate of drug-likeness (QED) is 0.282. The van der Waals surface area contributed by atoms with Gasteiger partial charge in [-0.05, 0) is 25.5 Å². The van der Waals surface area contributed by atoms with Gasteiger partial charge in [0.15, 0.2) is 5.96 Å². The lowest BCUT2D eigenvalue weighted by Crippen LogP contribution is -2.52. The van der Waals surface area contributed by atoms with Gasteiger partial charge in [-0.15, -0.1) is 35.3 Å². The Morgan fingerprint density at radius 2 is 2.00 bits per heavy atom. The van der Waals surface area contributed by atoms with Crippen LogP contribution in [0.15, 0.2) is 28.6 Å². The van der Waals surface area contributed by atoms with Gasteiger partial charge in [0.1, 0.15) is 11.6 Å². The molecule has 5 nitrogen and oxygen atoms in total. The summed E-state index contributed by atoms with van der Waals surface area (Å²) in [5.74, 6) is 0.0520. The molecule has 1 fully saturated rings. The maximum Gasteiger partial charge on any atom is 0.193 e. The summed E-state index contributed by atoms with van der Waals surface area (Å²) < 4.78 is 27.4. The second-order valence-electron chi connectivity index (χ2n) is 6.53. The minimum atomic E-state index is -0.415. The minimum Gasteiger partial charge on any atom is -0.366 e. The maximum absolute atomic E-state index is 14.0. The second-order valence-corrected chi connectivity index (χ2v) is 7.47. The molecule has 0 atom stereocenters. The molecule has 0 radical (unpaired) electrons. The van der Waals surface area contributed by atoms with Crippen molar-refractivity contribution in [2.75, 3.05) is 44.7 Å². The number of benzene rings is 1. The largest absolute Gasteiger partial charge is 0.366 e. The zero-order valence-corrected chi connectivity index (χ0v) is 19.3. The Hall–Kier alpha value is -1.49. The van der Waals surface area contributed by atoms with Gasteiger partial charge in [0.05, 0.1) is 10.7 Å². The molecule has 0 aliphatic carbocycles. The lowest BCUT2D eigenvalue weighted by atomic mass is 10.2. The number of nitrogens with one attached hydrogen (secondary N) is 1. The molecule has 1 aliphatic heterocycles. The van der Waals surface area contributed by atoms with E-state index in [2.05, 4.69) is 25.6 Å². The Kier molecular flexibility index (Phi) is 8.87. The molecule has 0 bridgehead atoms. The maximum atomic E-state index is 14.0. The molecule has 1 aromatic carbocycles. The summed E-state index contributed by atoms with van der Waals surface area (Å²) in [6, 6.07) is 3.59. The van der Waals surface area contributed by atoms with Gasteiger partial charge >= 0.3 is 0 Å². The van der Waals surface area contributed by atoms with Gasteiger partial charge in [-0.2, -0.15) is 0 Å². The number of rotatable bonds is 5. The summed E-state index contributed by atoms with van der Waals surface area (Å²) in [5, 5.41) is 6.63. The third-order valence-corrected chi connectivity index (χ3v) is 5.58. The van der Waals surface area contributed by atoms with Crippen LogP contribution in [0.5, 0.6) is 0 Å². The first-order valence-corrected chi connectivity index (χ1v) is 10.0. The Morgan fingerprint density at radius 3 is 2.64 bits per heavy atom. The first kappa shape index (κ1) is 22.8. The van der Waals surface area contributed by atoms with E-state index in [0.717, 1.165) is 42.1 Å². The van der Waals surface area contributed by atoms with Gasteiger partial charge in [0.25, 0.3) is 0 Å². The molecule has 0 saturated carbocycles. The molecule has 2 aromatic rings. The second kappa shape index (κ2) is 10.9. The summed E-state index contributed by atoms with van der Waals surface area (Å²) in [6.07, 6.45) is 1.94. The molecule has 28 heavy (non-hydrogen) atoms. The van der Waals surface area contributed by atoms with Crippen molar-refractivity contribution in [3.63, 3.8) is 0 Å². The highest BCUT2D eigenvalue weighted by Crippen LogP contribution is 2.22. The number of thiazole rings is 1. The van der Waals surface area contributed by atoms with E-state index < -0.39 is 5.82 Å². The number of hydrogen-bond donors (Lipinski definition) is 1. The molecule has 0 spiro atoms. The molecule has 154 valence electrons. The Balaban J connectivity index is 0.00000280. The van der Waals surface area contributed by atoms with Gasteiger partial charge in [0, 0.05) is 63.3 Å². The predicted molar refractivity (Wildman–Crippen MR) is 122 cm³/mol. The molecule has 1 aromatic heterocycles. The molecule has 0 unspecified atom stereocenters. The number of anilines is 1. The van der Waals surface area contributed by atoms with Crippen molar-refractivity contribution in [3.05, 3.63) is 45.9 Å². The molecular formula is C19H26F2IN5S. The van der Waals surface area contributed by atoms with Crippen LogP contribution >= 0.6 is 35.3 Å². The van der Waals surface area contributed by atoms with Crippen molar-refractivity contribution in [2.24, 2.45) is 4.99 Å². The van der Waals surface area contributed by atoms with E-state index in [9.17, 15) is 8.78 Å². The molecule has 1 saturated heterocycles. The van der Waals surface area contributed by atoms with Gasteiger partial charge in [0.2, 0.25) is 0 Å². The van der Waals surface area contributed by atoms with Crippen LogP contribution in [0.4, 0.5) is 14.5 Å². The van der Waals surface area contributed by atoms with Crippen molar-refractivity contribution < 1.29 is 8.78 Å². The monoisotopic (exact) mass is 521 g/mol. The Bertz CT molecular complexity index is 790. The third-order valence-electron chi connectivity index (χ3n) is 4.56. The topological polar surface area (TPSA) is 43.8 Å². The van der Waals surface area contributed by atoms with E-state index in [1.165, 1.54) is 12.1 Å². The van der Waals surface area contributed by atoms with E-state index in [1.807, 2.05) is 11.8 Å². The number of aryl methyl sites for hydroxylation is 2. The normalized spacial score (nSPS) is 14.8. The number of guanidine groups is 1. The third kappa shape index (κ3) is 6.00. The molecule has 3 rings (SSSR count). The van der Waals surface area contributed by atoms with Gasteiger partial charge in [-0.25, -0.2) is 13.8 Å². The number of hydrogen-bond acceptors (Lipinski definition) is 4. The van der Waals surface area contributed by atoms with Crippen molar-refractivity contribution in [3.8, 4) is 0 Å². The summed E-state index contributed by atoms with van der Waals surface area (Å²) in [5.41, 5.74) is 1.41. The van der Waals surface area contributed by atoms with Crippen LogP contribution in [0, 0.1) is 18.6 Å². The highest BCUT2D eigenvalue weighted by atomic mass is 127. The summed E-state index contributed by atoms with van der Waals surface area (Å²) in [7, 11) is 1.77. The van der Waals surface area contributed by atoms with Gasteiger partial charge < -0.3 is 15.1 Å². The number of aliphatic imine (C=N–C) groups is 1. The number of nitrogens with zero attached hydrogens (tertiary/aromatic N) is 4. The van der Waals surface area contributed by atoms with Gasteiger partial charge in [-0.3, -0.25) is 4.99 Å². The fourth-order valence-corrected chi connectivity index (χ4v) is 4.00. The Labute approximate surface area is 185 Å². The van der Waals surface area contributed by atoms with Crippen LogP contribution in [0.1, 0.15) is 17.1 Å². The molecular weight excluding hydrogens is 495 g/mol. The zero-order valence-electron chi connectivity index (χ0n) is 16.1. The van der Waals surface area contributed by atoms with Gasteiger partial charge in [-0.1, -0.05) is 0 Å². The minimum absolute atomic E-state index is 0. The van der Waals surface area contributed by atoms with E-state index in [-0.39, 0.29) is 29.8 Å². The van der Waals surface area contributed by atoms with Crippen LogP contribution in [-0.2, 0) is 6.42 Å². The SMILES string of the molecule is CN=C(NCCCc1nc(C)cs1)N1CCN(c2cc(F)ccc2F)CC1.I. The standard InChI is InChI=1S/C19H25F2N5S.HI/c1-14-13-27-18(24-14)4-3-7-23-19(22-2)26-10-8-25(9-11-26)17-12-15(20)5-6-16(17)21;/h5-6,12-13H,3-4,7-11H2,1-2H3,(H,22,23);1H. The predicted octanol–water partition coefficient (Wildman–Crippen LogP) is 3.68. The van der Waals surface area contributed by atoms with Crippen LogP contribution in [0.3, 0.4) is 0 Å². The lowest BCUT2D eigenvalue weighted by Gasteiger charge is -2.37. The van der Waals surface area contributed by atoms with E-state index in [4.69, 9.17) is 0 Å². The molecule has 1 aliphatic rings. The molecule has 9 heteroatoms. The van der Waals surface area contributed by atoms with Crippen LogP contribution in [-0.4, -0.2) is 55.6 Å². The lowest BCUT2D eigenvalue weighted by molar-refractivity contribution is 0.370. The number of aromatic nitrogens is 1. The fraction of sp³-hybridized carbons (Fsp3) is 0.474. The van der Waals surface area contributed by atoms with Crippen LogP contribution in [0.25, 0.3) is 0 Å². The number of halogens is 3. The van der Waals surface area contributed by atoms with Crippen molar-refractivity contribution in [1.82, 2.24) is 15.2 Å². The average molecular weight is 521 g/mol. The molecule has 1 N–H and O–H groups in total. The fourth-order valence-electron chi connectivity index (χ4n) is 3.18. The van der Waals surface area contributed by atoms with E-state index in [0.29, 0.717) is 31.9 Å². The zero-order chi connectivity index (χ0) is 19.2.